The summed E-state index contributed by atoms with van der Waals surface area (Å²) >= 11 is 13.7. The standard InChI is InChI=1S/C20H28ClN5O.C17H25ClN2O.C4H8N2S2/c21-15-6-4-14(5-7-15)20(27)17-3-1-2-10-26(17)16-8-11-25(12-9-16)19-13-18(22)23-24-19;18-14-6-4-13(5-7-14)17(21)16-3-1-2-12-20(16)15-8-10-19-11-9-15;1-7-4-8(2)6-3-5/h4-7,16-17,20,27H,1-3,8-13H2,(H2,22,23);4-7,15-17,19,21H,1-3,8-12H2;4H2,1-2H3. The third-order valence-electron chi connectivity index (χ3n) is 11.5. The molecule has 4 fully saturated rings. The molecular weight excluding hydrogens is 786 g/mol. The van der Waals surface area contributed by atoms with Crippen LogP contribution in [0.2, 0.25) is 10.0 Å². The van der Waals surface area contributed by atoms with E-state index in [1.165, 1.54) is 38.5 Å². The molecule has 5 atom stereocenters. The number of thioether (sulfide) groups is 1. The SMILES string of the molecule is CSCS(C)=NC#N.NC1=NN=C(N2CCC(N3CCCCC3C(O)c3ccc(Cl)cc3)CC2)C1.OC(c1ccc(Cl)cc1)C1CCCCN1C1CCNCC1. The monoisotopic (exact) mass is 845 g/mol. The van der Waals surface area contributed by atoms with Crippen molar-refractivity contribution in [1.82, 2.24) is 20.0 Å². The van der Waals surface area contributed by atoms with Crippen LogP contribution in [-0.2, 0) is 10.7 Å². The summed E-state index contributed by atoms with van der Waals surface area (Å²) in [7, 11) is -0.0432. The topological polar surface area (TPSA) is 149 Å². The fourth-order valence-corrected chi connectivity index (χ4v) is 10.7. The van der Waals surface area contributed by atoms with Gasteiger partial charge in [-0.2, -0.15) is 21.4 Å². The lowest BCUT2D eigenvalue weighted by molar-refractivity contribution is -0.0128. The number of nitriles is 1. The summed E-state index contributed by atoms with van der Waals surface area (Å²) in [6.45, 7) is 6.35. The highest BCUT2D eigenvalue weighted by molar-refractivity contribution is 8.10. The lowest BCUT2D eigenvalue weighted by atomic mass is 9.89. The van der Waals surface area contributed by atoms with E-state index in [1.54, 1.807) is 18.0 Å². The van der Waals surface area contributed by atoms with Crippen LogP contribution >= 0.6 is 35.0 Å². The molecule has 0 spiro atoms. The Morgan fingerprint density at radius 3 is 1.77 bits per heavy atom. The normalized spacial score (nSPS) is 24.4. The van der Waals surface area contributed by atoms with Crippen LogP contribution < -0.4 is 11.1 Å². The van der Waals surface area contributed by atoms with E-state index in [-0.39, 0.29) is 22.8 Å². The summed E-state index contributed by atoms with van der Waals surface area (Å²) in [4.78, 5) is 7.44. The summed E-state index contributed by atoms with van der Waals surface area (Å²) in [5, 5.41) is 43.9. The summed E-state index contributed by atoms with van der Waals surface area (Å²) in [5.41, 5.74) is 7.71. The molecule has 2 aromatic carbocycles. The van der Waals surface area contributed by atoms with E-state index in [1.807, 2.05) is 61.0 Å². The van der Waals surface area contributed by atoms with Gasteiger partial charge in [-0.05, 0) is 125 Å². The number of piperidine rings is 4. The lowest BCUT2D eigenvalue weighted by Crippen LogP contribution is -2.53. The van der Waals surface area contributed by atoms with Crippen LogP contribution in [0.5, 0.6) is 0 Å². The highest BCUT2D eigenvalue weighted by atomic mass is 35.5. The average Bonchev–Trinajstić information content (AvgIpc) is 3.68. The number of hydrogen-bond acceptors (Lipinski definition) is 12. The molecule has 7 rings (SSSR count). The van der Waals surface area contributed by atoms with Gasteiger partial charge >= 0.3 is 0 Å². The van der Waals surface area contributed by atoms with Crippen LogP contribution in [-0.4, -0.2) is 118 Å². The van der Waals surface area contributed by atoms with Gasteiger partial charge in [0.25, 0.3) is 0 Å². The highest BCUT2D eigenvalue weighted by Gasteiger charge is 2.37. The van der Waals surface area contributed by atoms with Crippen LogP contribution in [0.3, 0.4) is 0 Å². The van der Waals surface area contributed by atoms with Crippen LogP contribution in [0.25, 0.3) is 0 Å². The molecule has 5 unspecified atom stereocenters. The first-order chi connectivity index (χ1) is 27.2. The Morgan fingerprint density at radius 2 is 1.32 bits per heavy atom. The number of hydrogen-bond donors (Lipinski definition) is 4. The molecule has 0 aliphatic carbocycles. The summed E-state index contributed by atoms with van der Waals surface area (Å²) in [6, 6.07) is 16.9. The van der Waals surface area contributed by atoms with Crippen LogP contribution in [0.4, 0.5) is 0 Å². The number of aliphatic hydroxyl groups is 2. The number of benzene rings is 2. The Hall–Kier alpha value is -2.25. The first-order valence-corrected chi connectivity index (χ1v) is 24.0. The van der Waals surface area contributed by atoms with Gasteiger partial charge < -0.3 is 26.2 Å². The Balaban J connectivity index is 0.000000184. The fourth-order valence-electron chi connectivity index (χ4n) is 8.70. The van der Waals surface area contributed by atoms with Gasteiger partial charge in [-0.25, -0.2) is 0 Å². The predicted molar refractivity (Wildman–Crippen MR) is 235 cm³/mol. The number of halogens is 2. The number of nitrogens with zero attached hydrogens (tertiary/aromatic N) is 7. The summed E-state index contributed by atoms with van der Waals surface area (Å²) in [6.07, 6.45) is 17.1. The van der Waals surface area contributed by atoms with Crippen molar-refractivity contribution in [1.29, 1.82) is 5.26 Å². The van der Waals surface area contributed by atoms with E-state index in [0.29, 0.717) is 29.4 Å². The molecule has 5 aliphatic heterocycles. The molecule has 2 aromatic rings. The number of rotatable bonds is 8. The lowest BCUT2D eigenvalue weighted by Gasteiger charge is -2.46. The van der Waals surface area contributed by atoms with Gasteiger partial charge in [-0.1, -0.05) is 71.0 Å². The van der Waals surface area contributed by atoms with Gasteiger partial charge in [-0.3, -0.25) is 9.80 Å². The minimum absolute atomic E-state index is 0.0432. The Kier molecular flexibility index (Phi) is 18.7. The molecule has 15 heteroatoms. The molecule has 0 bridgehead atoms. The Labute approximate surface area is 351 Å². The minimum atomic E-state index is -0.465. The quantitative estimate of drug-likeness (QED) is 0.207. The van der Waals surface area contributed by atoms with Crippen molar-refractivity contribution in [2.75, 3.05) is 56.9 Å². The van der Waals surface area contributed by atoms with Crippen molar-refractivity contribution >= 4 is 57.3 Å². The maximum atomic E-state index is 11.0. The molecule has 0 radical (unpaired) electrons. The van der Waals surface area contributed by atoms with Gasteiger partial charge in [-0.15, -0.1) is 10.2 Å². The van der Waals surface area contributed by atoms with Gasteiger partial charge in [0.05, 0.1) is 23.7 Å². The van der Waals surface area contributed by atoms with E-state index in [9.17, 15) is 10.2 Å². The summed E-state index contributed by atoms with van der Waals surface area (Å²) < 4.78 is 3.63. The molecular formula is C41H61Cl2N9O2S2. The Bertz CT molecular complexity index is 1630. The molecule has 0 saturated carbocycles. The molecule has 308 valence electrons. The van der Waals surface area contributed by atoms with Crippen molar-refractivity contribution < 1.29 is 10.2 Å². The zero-order valence-corrected chi connectivity index (χ0v) is 36.1. The predicted octanol–water partition coefficient (Wildman–Crippen LogP) is 6.97. The van der Waals surface area contributed by atoms with E-state index in [4.69, 9.17) is 34.2 Å². The molecule has 5 N–H and O–H groups in total. The maximum Gasteiger partial charge on any atom is 0.212 e. The zero-order valence-electron chi connectivity index (χ0n) is 33.0. The van der Waals surface area contributed by atoms with E-state index in [0.717, 1.165) is 92.0 Å². The number of nitrogens with two attached hydrogens (primary N) is 1. The molecule has 5 heterocycles. The van der Waals surface area contributed by atoms with Crippen LogP contribution in [0.1, 0.15) is 94.0 Å². The molecule has 11 nitrogen and oxygen atoms in total. The smallest absolute Gasteiger partial charge is 0.212 e. The van der Waals surface area contributed by atoms with Crippen molar-refractivity contribution in [3.63, 3.8) is 0 Å². The second-order valence-electron chi connectivity index (χ2n) is 15.3. The van der Waals surface area contributed by atoms with E-state index in [2.05, 4.69) is 34.6 Å². The number of amidine groups is 2. The Morgan fingerprint density at radius 1 is 0.821 bits per heavy atom. The van der Waals surface area contributed by atoms with Gasteiger partial charge in [0, 0.05) is 47.3 Å². The van der Waals surface area contributed by atoms with Gasteiger partial charge in [0.15, 0.2) is 0 Å². The van der Waals surface area contributed by atoms with Gasteiger partial charge in [0.1, 0.15) is 11.7 Å². The van der Waals surface area contributed by atoms with Crippen molar-refractivity contribution in [3.05, 3.63) is 69.7 Å². The first-order valence-electron chi connectivity index (χ1n) is 20.1. The third kappa shape index (κ3) is 13.1. The molecule has 5 aliphatic rings. The molecule has 0 amide bonds. The average molecular weight is 847 g/mol. The first kappa shape index (κ1) is 44.8. The number of nitrogens with one attached hydrogen (secondary N) is 1. The molecule has 0 aromatic heterocycles. The zero-order chi connectivity index (χ0) is 39.9. The highest BCUT2D eigenvalue weighted by Crippen LogP contribution is 2.34. The van der Waals surface area contributed by atoms with Crippen molar-refractivity contribution in [3.8, 4) is 6.19 Å². The van der Waals surface area contributed by atoms with Crippen molar-refractivity contribution in [2.24, 2.45) is 20.3 Å². The van der Waals surface area contributed by atoms with Crippen LogP contribution in [0, 0.1) is 11.5 Å². The van der Waals surface area contributed by atoms with E-state index < -0.39 is 12.2 Å². The largest absolute Gasteiger partial charge is 0.387 e. The number of aliphatic hydroxyl groups excluding tert-OH is 2. The van der Waals surface area contributed by atoms with Crippen molar-refractivity contribution in [2.45, 2.75) is 107 Å². The fraction of sp³-hybridized carbons (Fsp3) is 0.634. The minimum Gasteiger partial charge on any atom is -0.387 e. The second-order valence-corrected chi connectivity index (χ2v) is 19.1. The third-order valence-corrected chi connectivity index (χ3v) is 14.7. The van der Waals surface area contributed by atoms with Gasteiger partial charge in [0.2, 0.25) is 6.19 Å². The van der Waals surface area contributed by atoms with E-state index >= 15 is 0 Å². The summed E-state index contributed by atoms with van der Waals surface area (Å²) in [5.74, 6) is 1.61. The second kappa shape index (κ2) is 23.4. The van der Waals surface area contributed by atoms with Crippen LogP contribution in [0.15, 0.2) is 63.1 Å². The molecule has 56 heavy (non-hydrogen) atoms. The number of likely N-dealkylation sites (tertiary alicyclic amines) is 3. The maximum absolute atomic E-state index is 11.0. The molecule has 4 saturated heterocycles.